The summed E-state index contributed by atoms with van der Waals surface area (Å²) in [5.41, 5.74) is 1.43. The van der Waals surface area contributed by atoms with Crippen molar-refractivity contribution in [3.05, 3.63) is 54.2 Å². The van der Waals surface area contributed by atoms with Crippen molar-refractivity contribution in [2.45, 2.75) is 19.9 Å². The minimum atomic E-state index is -0.520. The van der Waals surface area contributed by atoms with Crippen LogP contribution in [0.5, 0.6) is 0 Å². The summed E-state index contributed by atoms with van der Waals surface area (Å²) in [4.78, 5) is 26.4. The van der Waals surface area contributed by atoms with Gasteiger partial charge in [0, 0.05) is 17.1 Å². The molecule has 0 saturated carbocycles. The molecule has 0 radical (unpaired) electrons. The van der Waals surface area contributed by atoms with Gasteiger partial charge in [-0.15, -0.1) is 0 Å². The van der Waals surface area contributed by atoms with E-state index in [1.54, 1.807) is 31.9 Å². The van der Waals surface area contributed by atoms with Crippen LogP contribution < -0.4 is 10.6 Å². The monoisotopic (exact) mass is 366 g/mol. The minimum absolute atomic E-state index is 0.0766. The summed E-state index contributed by atoms with van der Waals surface area (Å²) in [5, 5.41) is 11.3. The lowest BCUT2D eigenvalue weighted by molar-refractivity contribution is -0.122. The molecule has 2 N–H and O–H groups in total. The highest BCUT2D eigenvalue weighted by atomic mass is 16.5. The third-order valence-electron chi connectivity index (χ3n) is 4.37. The van der Waals surface area contributed by atoms with Crippen LogP contribution in [0.1, 0.15) is 12.6 Å². The van der Waals surface area contributed by atoms with E-state index in [1.807, 2.05) is 42.5 Å². The number of rotatable bonds is 6. The summed E-state index contributed by atoms with van der Waals surface area (Å²) < 4.78 is 4.99. The molecular weight excluding hydrogens is 344 g/mol. The molecule has 3 rings (SSSR count). The van der Waals surface area contributed by atoms with E-state index < -0.39 is 6.04 Å². The molecule has 0 aliphatic carbocycles. The molecule has 27 heavy (non-hydrogen) atoms. The Morgan fingerprint density at radius 3 is 2.63 bits per heavy atom. The molecule has 1 heterocycles. The smallest absolute Gasteiger partial charge is 0.243 e. The molecule has 7 nitrogen and oxygen atoms in total. The van der Waals surface area contributed by atoms with Crippen LogP contribution in [-0.2, 0) is 9.59 Å². The van der Waals surface area contributed by atoms with E-state index in [0.717, 1.165) is 16.5 Å². The van der Waals surface area contributed by atoms with Crippen LogP contribution in [0.4, 0.5) is 11.6 Å². The molecule has 140 valence electrons. The van der Waals surface area contributed by atoms with E-state index in [1.165, 1.54) is 0 Å². The Kier molecular flexibility index (Phi) is 5.52. The first-order chi connectivity index (χ1) is 12.9. The van der Waals surface area contributed by atoms with Gasteiger partial charge in [0.2, 0.25) is 17.7 Å². The first-order valence-corrected chi connectivity index (χ1v) is 8.66. The Morgan fingerprint density at radius 2 is 1.89 bits per heavy atom. The second-order valence-electron chi connectivity index (χ2n) is 6.49. The van der Waals surface area contributed by atoms with Gasteiger partial charge in [0.15, 0.2) is 0 Å². The van der Waals surface area contributed by atoms with Crippen molar-refractivity contribution in [3.63, 3.8) is 0 Å². The van der Waals surface area contributed by atoms with Gasteiger partial charge in [0.1, 0.15) is 0 Å². The number of anilines is 2. The average Bonchev–Trinajstić information content (AvgIpc) is 3.06. The Morgan fingerprint density at radius 1 is 1.15 bits per heavy atom. The highest BCUT2D eigenvalue weighted by molar-refractivity contribution is 6.03. The number of aromatic nitrogens is 1. The number of carbonyl (C=O) groups is 2. The number of benzene rings is 2. The van der Waals surface area contributed by atoms with E-state index in [4.69, 9.17) is 4.52 Å². The van der Waals surface area contributed by atoms with Crippen LogP contribution in [0.2, 0.25) is 0 Å². The van der Waals surface area contributed by atoms with Gasteiger partial charge in [-0.3, -0.25) is 19.8 Å². The van der Waals surface area contributed by atoms with Crippen molar-refractivity contribution >= 4 is 34.2 Å². The first-order valence-electron chi connectivity index (χ1n) is 8.66. The lowest BCUT2D eigenvalue weighted by atomic mass is 10.1. The van der Waals surface area contributed by atoms with Gasteiger partial charge in [-0.05, 0) is 32.3 Å². The van der Waals surface area contributed by atoms with Crippen molar-refractivity contribution in [2.24, 2.45) is 0 Å². The fourth-order valence-corrected chi connectivity index (χ4v) is 2.74. The largest absolute Gasteiger partial charge is 0.338 e. The number of nitrogens with one attached hydrogen (secondary N) is 2. The average molecular weight is 366 g/mol. The number of carbonyl (C=O) groups excluding carboxylic acids is 2. The molecule has 3 aromatic rings. The van der Waals surface area contributed by atoms with Crippen molar-refractivity contribution < 1.29 is 14.1 Å². The number of hydrogen-bond donors (Lipinski definition) is 2. The fraction of sp³-hybridized carbons (Fsp3) is 0.250. The second-order valence-corrected chi connectivity index (χ2v) is 6.49. The van der Waals surface area contributed by atoms with Gasteiger partial charge in [0.05, 0.1) is 18.3 Å². The van der Waals surface area contributed by atoms with Crippen molar-refractivity contribution in [2.75, 3.05) is 24.2 Å². The predicted molar refractivity (Wildman–Crippen MR) is 105 cm³/mol. The van der Waals surface area contributed by atoms with E-state index in [2.05, 4.69) is 15.8 Å². The normalized spacial score (nSPS) is 12.1. The summed E-state index contributed by atoms with van der Waals surface area (Å²) in [7, 11) is 1.72. The van der Waals surface area contributed by atoms with E-state index in [0.29, 0.717) is 5.69 Å². The molecule has 1 aromatic heterocycles. The molecule has 0 saturated heterocycles. The molecule has 2 amide bonds. The minimum Gasteiger partial charge on any atom is -0.338 e. The van der Waals surface area contributed by atoms with Gasteiger partial charge < -0.3 is 9.84 Å². The maximum atomic E-state index is 12.4. The Hall–Kier alpha value is -3.19. The molecular formula is C20H22N4O3. The highest BCUT2D eigenvalue weighted by Gasteiger charge is 2.21. The third-order valence-corrected chi connectivity index (χ3v) is 4.37. The number of amides is 2. The zero-order valence-electron chi connectivity index (χ0n) is 15.5. The van der Waals surface area contributed by atoms with E-state index in [9.17, 15) is 9.59 Å². The zero-order valence-corrected chi connectivity index (χ0v) is 15.5. The Balaban J connectivity index is 1.60. The molecule has 0 bridgehead atoms. The summed E-state index contributed by atoms with van der Waals surface area (Å²) in [6.07, 6.45) is 0. The Labute approximate surface area is 157 Å². The molecule has 7 heteroatoms. The molecule has 0 aliphatic rings. The molecule has 0 spiro atoms. The predicted octanol–water partition coefficient (Wildman–Crippen LogP) is 3.03. The number of likely N-dealkylation sites (N-methyl/N-ethyl adjacent to an activating group) is 1. The molecule has 1 unspecified atom stereocenters. The first kappa shape index (κ1) is 18.6. The van der Waals surface area contributed by atoms with Crippen molar-refractivity contribution in [3.8, 4) is 0 Å². The standard InChI is InChI=1S/C20H22N4O3/c1-13-11-19(27-23-13)22-20(26)14(2)24(3)12-18(25)21-17-10-6-8-15-7-4-5-9-16(15)17/h4-11,14H,12H2,1-3H3,(H,21,25)(H,22,26). The Bertz CT molecular complexity index is 961. The third kappa shape index (κ3) is 4.51. The van der Waals surface area contributed by atoms with Gasteiger partial charge in [-0.1, -0.05) is 41.6 Å². The lowest BCUT2D eigenvalue weighted by Gasteiger charge is -2.22. The summed E-state index contributed by atoms with van der Waals surface area (Å²) in [5.74, 6) is -0.173. The van der Waals surface area contributed by atoms with Crippen LogP contribution >= 0.6 is 0 Å². The van der Waals surface area contributed by atoms with Gasteiger partial charge in [0.25, 0.3) is 0 Å². The van der Waals surface area contributed by atoms with Crippen LogP contribution in [-0.4, -0.2) is 41.5 Å². The van der Waals surface area contributed by atoms with E-state index >= 15 is 0 Å². The summed E-state index contributed by atoms with van der Waals surface area (Å²) >= 11 is 0. The summed E-state index contributed by atoms with van der Waals surface area (Å²) in [6, 6.07) is 14.7. The second kappa shape index (κ2) is 8.01. The number of fused-ring (bicyclic) bond motifs is 1. The van der Waals surface area contributed by atoms with E-state index in [-0.39, 0.29) is 24.2 Å². The number of nitrogens with zero attached hydrogens (tertiary/aromatic N) is 2. The SMILES string of the molecule is Cc1cc(NC(=O)C(C)N(C)CC(=O)Nc2cccc3ccccc23)on1. The lowest BCUT2D eigenvalue weighted by Crippen LogP contribution is -2.43. The van der Waals surface area contributed by atoms with Crippen molar-refractivity contribution in [1.82, 2.24) is 10.1 Å². The van der Waals surface area contributed by atoms with Gasteiger partial charge in [-0.25, -0.2) is 0 Å². The van der Waals surface area contributed by atoms with Crippen LogP contribution in [0.25, 0.3) is 10.8 Å². The highest BCUT2D eigenvalue weighted by Crippen LogP contribution is 2.22. The number of aryl methyl sites for hydroxylation is 1. The molecule has 0 fully saturated rings. The fourth-order valence-electron chi connectivity index (χ4n) is 2.74. The van der Waals surface area contributed by atoms with Crippen LogP contribution in [0.15, 0.2) is 53.1 Å². The van der Waals surface area contributed by atoms with Crippen molar-refractivity contribution in [1.29, 1.82) is 0 Å². The maximum Gasteiger partial charge on any atom is 0.243 e. The van der Waals surface area contributed by atoms with Gasteiger partial charge in [-0.2, -0.15) is 0 Å². The zero-order chi connectivity index (χ0) is 19.4. The molecule has 1 atom stereocenters. The van der Waals surface area contributed by atoms with Crippen LogP contribution in [0, 0.1) is 6.92 Å². The molecule has 0 aliphatic heterocycles. The van der Waals surface area contributed by atoms with Gasteiger partial charge >= 0.3 is 0 Å². The molecule has 2 aromatic carbocycles. The maximum absolute atomic E-state index is 12.4. The summed E-state index contributed by atoms with van der Waals surface area (Å²) in [6.45, 7) is 3.57. The number of hydrogen-bond acceptors (Lipinski definition) is 5. The quantitative estimate of drug-likeness (QED) is 0.700. The van der Waals surface area contributed by atoms with Crippen LogP contribution in [0.3, 0.4) is 0 Å². The topological polar surface area (TPSA) is 87.5 Å².